The zero-order chi connectivity index (χ0) is 21.5. The number of aryl methyl sites for hydroxylation is 1. The van der Waals surface area contributed by atoms with E-state index in [2.05, 4.69) is 32.3 Å². The Balaban J connectivity index is 1.30. The SMILES string of the molecule is Cc1cc(Oc2ncccn2)ccc1NC(=O)CC1CN(Cc2ccccc2)CCO1. The van der Waals surface area contributed by atoms with E-state index in [0.717, 1.165) is 30.9 Å². The molecule has 0 spiro atoms. The Morgan fingerprint density at radius 2 is 1.97 bits per heavy atom. The van der Waals surface area contributed by atoms with Gasteiger partial charge in [-0.3, -0.25) is 9.69 Å². The van der Waals surface area contributed by atoms with Crippen LogP contribution in [0.3, 0.4) is 0 Å². The summed E-state index contributed by atoms with van der Waals surface area (Å²) >= 11 is 0. The highest BCUT2D eigenvalue weighted by Crippen LogP contribution is 2.24. The Morgan fingerprint density at radius 3 is 2.74 bits per heavy atom. The third-order valence-electron chi connectivity index (χ3n) is 5.11. The van der Waals surface area contributed by atoms with Gasteiger partial charge in [0.1, 0.15) is 5.75 Å². The van der Waals surface area contributed by atoms with Gasteiger partial charge < -0.3 is 14.8 Å². The van der Waals surface area contributed by atoms with Crippen LogP contribution in [0.5, 0.6) is 11.8 Å². The molecule has 1 saturated heterocycles. The molecule has 2 heterocycles. The topological polar surface area (TPSA) is 76.6 Å². The van der Waals surface area contributed by atoms with Crippen molar-refractivity contribution >= 4 is 11.6 Å². The van der Waals surface area contributed by atoms with E-state index in [1.165, 1.54) is 5.56 Å². The van der Waals surface area contributed by atoms with Gasteiger partial charge in [-0.15, -0.1) is 0 Å². The van der Waals surface area contributed by atoms with E-state index in [0.29, 0.717) is 18.8 Å². The molecule has 2 aromatic carbocycles. The fourth-order valence-corrected chi connectivity index (χ4v) is 3.58. The van der Waals surface area contributed by atoms with Gasteiger partial charge in [0.15, 0.2) is 0 Å². The molecule has 0 saturated carbocycles. The predicted octanol–water partition coefficient (Wildman–Crippen LogP) is 3.81. The number of carbonyl (C=O) groups excluding carboxylic acids is 1. The first-order valence-corrected chi connectivity index (χ1v) is 10.4. The average molecular weight is 418 g/mol. The molecule has 0 aliphatic carbocycles. The molecule has 0 radical (unpaired) electrons. The highest BCUT2D eigenvalue weighted by Gasteiger charge is 2.23. The highest BCUT2D eigenvalue weighted by atomic mass is 16.5. The number of benzene rings is 2. The number of hydrogen-bond acceptors (Lipinski definition) is 6. The molecule has 7 heteroatoms. The molecule has 1 atom stereocenters. The molecular formula is C24H26N4O3. The quantitative estimate of drug-likeness (QED) is 0.629. The third kappa shape index (κ3) is 6.10. The second-order valence-electron chi connectivity index (χ2n) is 7.58. The molecule has 7 nitrogen and oxygen atoms in total. The first-order chi connectivity index (χ1) is 15.2. The Kier molecular flexibility index (Phi) is 6.86. The molecule has 0 bridgehead atoms. The van der Waals surface area contributed by atoms with E-state index in [1.54, 1.807) is 24.5 Å². The van der Waals surface area contributed by atoms with E-state index in [9.17, 15) is 4.79 Å². The van der Waals surface area contributed by atoms with Gasteiger partial charge in [0.25, 0.3) is 0 Å². The molecule has 160 valence electrons. The summed E-state index contributed by atoms with van der Waals surface area (Å²) in [6.07, 6.45) is 3.45. The average Bonchev–Trinajstić information content (AvgIpc) is 2.77. The summed E-state index contributed by atoms with van der Waals surface area (Å²) in [5, 5.41) is 2.99. The number of amides is 1. The van der Waals surface area contributed by atoms with Crippen LogP contribution in [-0.2, 0) is 16.1 Å². The molecule has 3 aromatic rings. The Hall–Kier alpha value is -3.29. The predicted molar refractivity (Wildman–Crippen MR) is 118 cm³/mol. The van der Waals surface area contributed by atoms with E-state index in [-0.39, 0.29) is 18.0 Å². The standard InChI is InChI=1S/C24H26N4O3/c1-18-14-20(31-24-25-10-5-11-26-24)8-9-22(18)27-23(29)15-21-17-28(12-13-30-21)16-19-6-3-2-4-7-19/h2-11,14,21H,12-13,15-17H2,1H3,(H,27,29). The lowest BCUT2D eigenvalue weighted by atomic mass is 10.1. The van der Waals surface area contributed by atoms with Crippen LogP contribution in [0, 0.1) is 6.92 Å². The van der Waals surface area contributed by atoms with Crippen LogP contribution in [0.15, 0.2) is 67.0 Å². The van der Waals surface area contributed by atoms with E-state index in [1.807, 2.05) is 37.3 Å². The molecule has 1 aromatic heterocycles. The lowest BCUT2D eigenvalue weighted by Crippen LogP contribution is -2.43. The van der Waals surface area contributed by atoms with Crippen LogP contribution in [0.4, 0.5) is 5.69 Å². The molecule has 31 heavy (non-hydrogen) atoms. The van der Waals surface area contributed by atoms with Crippen molar-refractivity contribution in [2.45, 2.75) is 26.0 Å². The molecular weight excluding hydrogens is 392 g/mol. The summed E-state index contributed by atoms with van der Waals surface area (Å²) in [5.41, 5.74) is 2.92. The summed E-state index contributed by atoms with van der Waals surface area (Å²) < 4.78 is 11.5. The van der Waals surface area contributed by atoms with Crippen molar-refractivity contribution < 1.29 is 14.3 Å². The summed E-state index contributed by atoms with van der Waals surface area (Å²) in [7, 11) is 0. The summed E-state index contributed by atoms with van der Waals surface area (Å²) in [4.78, 5) is 23.0. The normalized spacial score (nSPS) is 16.6. The number of aromatic nitrogens is 2. The van der Waals surface area contributed by atoms with Gasteiger partial charge in [-0.05, 0) is 42.3 Å². The summed E-state index contributed by atoms with van der Waals surface area (Å²) in [6.45, 7) is 5.04. The number of morpholine rings is 1. The molecule has 1 amide bonds. The van der Waals surface area contributed by atoms with Gasteiger partial charge in [0.05, 0.1) is 19.1 Å². The second-order valence-corrected chi connectivity index (χ2v) is 7.58. The summed E-state index contributed by atoms with van der Waals surface area (Å²) in [5.74, 6) is 0.559. The zero-order valence-electron chi connectivity index (χ0n) is 17.5. The van der Waals surface area contributed by atoms with Gasteiger partial charge in [0.2, 0.25) is 5.91 Å². The van der Waals surface area contributed by atoms with Gasteiger partial charge in [-0.1, -0.05) is 30.3 Å². The Labute approximate surface area is 182 Å². The number of nitrogens with one attached hydrogen (secondary N) is 1. The first kappa shape index (κ1) is 21.0. The first-order valence-electron chi connectivity index (χ1n) is 10.4. The molecule has 1 aliphatic heterocycles. The molecule has 1 N–H and O–H groups in total. The number of anilines is 1. The van der Waals surface area contributed by atoms with Crippen molar-refractivity contribution in [3.05, 3.63) is 78.1 Å². The van der Waals surface area contributed by atoms with Crippen LogP contribution in [-0.4, -0.2) is 46.6 Å². The highest BCUT2D eigenvalue weighted by molar-refractivity contribution is 5.91. The van der Waals surface area contributed by atoms with Crippen molar-refractivity contribution in [1.82, 2.24) is 14.9 Å². The minimum absolute atomic E-state index is 0.0604. The molecule has 1 unspecified atom stereocenters. The van der Waals surface area contributed by atoms with E-state index in [4.69, 9.17) is 9.47 Å². The van der Waals surface area contributed by atoms with Crippen LogP contribution in [0.25, 0.3) is 0 Å². The number of carbonyl (C=O) groups is 1. The monoisotopic (exact) mass is 418 g/mol. The van der Waals surface area contributed by atoms with Crippen LogP contribution in [0.1, 0.15) is 17.5 Å². The molecule has 1 fully saturated rings. The molecule has 1 aliphatic rings. The number of ether oxygens (including phenoxy) is 2. The Bertz CT molecular complexity index is 998. The van der Waals surface area contributed by atoms with Crippen molar-refractivity contribution in [1.29, 1.82) is 0 Å². The van der Waals surface area contributed by atoms with E-state index >= 15 is 0 Å². The maximum atomic E-state index is 12.6. The van der Waals surface area contributed by atoms with Gasteiger partial charge in [-0.25, -0.2) is 9.97 Å². The van der Waals surface area contributed by atoms with Crippen molar-refractivity contribution in [3.8, 4) is 11.8 Å². The zero-order valence-corrected chi connectivity index (χ0v) is 17.5. The maximum absolute atomic E-state index is 12.6. The lowest BCUT2D eigenvalue weighted by Gasteiger charge is -2.32. The van der Waals surface area contributed by atoms with Crippen LogP contribution >= 0.6 is 0 Å². The fourth-order valence-electron chi connectivity index (χ4n) is 3.58. The number of hydrogen-bond donors (Lipinski definition) is 1. The van der Waals surface area contributed by atoms with Gasteiger partial charge >= 0.3 is 6.01 Å². The van der Waals surface area contributed by atoms with E-state index < -0.39 is 0 Å². The second kappa shape index (κ2) is 10.1. The van der Waals surface area contributed by atoms with Gasteiger partial charge in [-0.2, -0.15) is 0 Å². The summed E-state index contributed by atoms with van der Waals surface area (Å²) in [6, 6.07) is 17.8. The minimum Gasteiger partial charge on any atom is -0.424 e. The minimum atomic E-state index is -0.115. The number of rotatable bonds is 7. The fraction of sp³-hybridized carbons (Fsp3) is 0.292. The van der Waals surface area contributed by atoms with Crippen molar-refractivity contribution in [2.24, 2.45) is 0 Å². The number of nitrogens with zero attached hydrogens (tertiary/aromatic N) is 3. The van der Waals surface area contributed by atoms with Crippen molar-refractivity contribution in [2.75, 3.05) is 25.0 Å². The van der Waals surface area contributed by atoms with Crippen molar-refractivity contribution in [3.63, 3.8) is 0 Å². The van der Waals surface area contributed by atoms with Crippen LogP contribution < -0.4 is 10.1 Å². The van der Waals surface area contributed by atoms with Crippen LogP contribution in [0.2, 0.25) is 0 Å². The maximum Gasteiger partial charge on any atom is 0.321 e. The third-order valence-corrected chi connectivity index (χ3v) is 5.11. The van der Waals surface area contributed by atoms with Gasteiger partial charge in [0, 0.05) is 37.7 Å². The lowest BCUT2D eigenvalue weighted by molar-refractivity contribution is -0.121. The Morgan fingerprint density at radius 1 is 1.16 bits per heavy atom. The smallest absolute Gasteiger partial charge is 0.321 e. The molecule has 4 rings (SSSR count). The largest absolute Gasteiger partial charge is 0.424 e.